The Kier molecular flexibility index (Phi) is 3.59. The van der Waals surface area contributed by atoms with Crippen LogP contribution in [0.1, 0.15) is 31.1 Å². The molecule has 0 saturated carbocycles. The molecule has 1 N–H and O–H groups in total. The van der Waals surface area contributed by atoms with Crippen molar-refractivity contribution in [3.63, 3.8) is 0 Å². The van der Waals surface area contributed by atoms with Crippen molar-refractivity contribution in [2.24, 2.45) is 5.10 Å². The van der Waals surface area contributed by atoms with E-state index < -0.39 is 0 Å². The molecule has 0 unspecified atom stereocenters. The molecule has 0 aliphatic rings. The van der Waals surface area contributed by atoms with E-state index in [0.717, 1.165) is 28.7 Å². The zero-order valence-corrected chi connectivity index (χ0v) is 11.9. The second-order valence-corrected chi connectivity index (χ2v) is 4.61. The van der Waals surface area contributed by atoms with E-state index >= 15 is 0 Å². The first-order valence-corrected chi connectivity index (χ1v) is 6.12. The van der Waals surface area contributed by atoms with Gasteiger partial charge in [0.25, 0.3) is 0 Å². The molecule has 2 rings (SSSR count). The van der Waals surface area contributed by atoms with Crippen molar-refractivity contribution in [1.82, 2.24) is 19.7 Å². The minimum atomic E-state index is 0.622. The van der Waals surface area contributed by atoms with Gasteiger partial charge in [-0.15, -0.1) is 10.2 Å². The van der Waals surface area contributed by atoms with Crippen LogP contribution < -0.4 is 5.43 Å². The molecule has 19 heavy (non-hydrogen) atoms. The van der Waals surface area contributed by atoms with Gasteiger partial charge in [0, 0.05) is 11.4 Å². The Morgan fingerprint density at radius 3 is 2.37 bits per heavy atom. The van der Waals surface area contributed by atoms with Crippen LogP contribution in [0.5, 0.6) is 0 Å². The Labute approximate surface area is 112 Å². The number of aromatic nitrogens is 4. The van der Waals surface area contributed by atoms with Gasteiger partial charge in [-0.05, 0) is 46.8 Å². The molecule has 0 aliphatic heterocycles. The highest BCUT2D eigenvalue weighted by atomic mass is 15.4. The van der Waals surface area contributed by atoms with Crippen LogP contribution >= 0.6 is 0 Å². The predicted molar refractivity (Wildman–Crippen MR) is 75.8 cm³/mol. The molecule has 2 aromatic rings. The lowest BCUT2D eigenvalue weighted by Crippen LogP contribution is -2.05. The van der Waals surface area contributed by atoms with Crippen molar-refractivity contribution in [1.29, 1.82) is 0 Å². The third-order valence-corrected chi connectivity index (χ3v) is 2.79. The lowest BCUT2D eigenvalue weighted by molar-refractivity contribution is 0.858. The van der Waals surface area contributed by atoms with E-state index in [1.807, 2.05) is 51.3 Å². The highest BCUT2D eigenvalue weighted by Crippen LogP contribution is 2.15. The summed E-state index contributed by atoms with van der Waals surface area (Å²) in [6.07, 6.45) is 0. The Balaban J connectivity index is 2.30. The van der Waals surface area contributed by atoms with Crippen molar-refractivity contribution >= 4 is 11.5 Å². The monoisotopic (exact) mass is 258 g/mol. The number of nitrogens with one attached hydrogen (secondary N) is 1. The summed E-state index contributed by atoms with van der Waals surface area (Å²) in [6.45, 7) is 9.79. The van der Waals surface area contributed by atoms with Crippen molar-refractivity contribution in [2.45, 2.75) is 34.6 Å². The quantitative estimate of drug-likeness (QED) is 0.678. The van der Waals surface area contributed by atoms with E-state index in [-0.39, 0.29) is 0 Å². The summed E-state index contributed by atoms with van der Waals surface area (Å²) in [6, 6.07) is 3.75. The molecule has 0 fully saturated rings. The summed E-state index contributed by atoms with van der Waals surface area (Å²) in [5.41, 5.74) is 5.87. The molecule has 6 heteroatoms. The third kappa shape index (κ3) is 2.78. The summed E-state index contributed by atoms with van der Waals surface area (Å²) in [7, 11) is 0. The lowest BCUT2D eigenvalue weighted by atomic mass is 10.4. The molecular weight excluding hydrogens is 240 g/mol. The van der Waals surface area contributed by atoms with Gasteiger partial charge in [0.05, 0.1) is 5.69 Å². The van der Waals surface area contributed by atoms with E-state index in [9.17, 15) is 0 Å². The number of nitrogens with zero attached hydrogens (tertiary/aromatic N) is 5. The smallest absolute Gasteiger partial charge is 0.168 e. The molecule has 0 atom stereocenters. The van der Waals surface area contributed by atoms with Gasteiger partial charge in [-0.2, -0.15) is 5.10 Å². The molecule has 0 radical (unpaired) electrons. The molecule has 0 aromatic carbocycles. The minimum Gasteiger partial charge on any atom is -0.284 e. The number of hydrazone groups is 1. The fourth-order valence-electron chi connectivity index (χ4n) is 1.79. The number of anilines is 1. The highest BCUT2D eigenvalue weighted by molar-refractivity contribution is 5.79. The first-order chi connectivity index (χ1) is 8.99. The average molecular weight is 258 g/mol. The number of aryl methyl sites for hydroxylation is 2. The second-order valence-electron chi connectivity index (χ2n) is 4.61. The maximum absolute atomic E-state index is 4.43. The van der Waals surface area contributed by atoms with Gasteiger partial charge in [0.2, 0.25) is 0 Å². The molecule has 0 amide bonds. The SMILES string of the molecule is CC(C)=NNc1ccc(-n2c(C)nc(C)c2C)nn1. The van der Waals surface area contributed by atoms with Crippen LogP contribution in [0.2, 0.25) is 0 Å². The van der Waals surface area contributed by atoms with Crippen LogP contribution in [-0.4, -0.2) is 25.5 Å². The standard InChI is InChI=1S/C13H18N6/c1-8(2)15-16-12-6-7-13(18-17-12)19-10(4)9(3)14-11(19)5/h6-7H,1-5H3,(H,16,17). The van der Waals surface area contributed by atoms with E-state index in [4.69, 9.17) is 0 Å². The number of hydrogen-bond donors (Lipinski definition) is 1. The van der Waals surface area contributed by atoms with E-state index in [1.54, 1.807) is 0 Å². The van der Waals surface area contributed by atoms with Crippen molar-refractivity contribution in [2.75, 3.05) is 5.43 Å². The molecule has 0 saturated heterocycles. The Bertz CT molecular complexity index is 605. The molecule has 100 valence electrons. The van der Waals surface area contributed by atoms with Gasteiger partial charge < -0.3 is 0 Å². The zero-order valence-electron chi connectivity index (χ0n) is 11.9. The summed E-state index contributed by atoms with van der Waals surface area (Å²) >= 11 is 0. The van der Waals surface area contributed by atoms with E-state index in [2.05, 4.69) is 25.7 Å². The average Bonchev–Trinajstić information content (AvgIpc) is 2.62. The van der Waals surface area contributed by atoms with Crippen LogP contribution in [0.15, 0.2) is 17.2 Å². The van der Waals surface area contributed by atoms with Crippen molar-refractivity contribution in [3.05, 3.63) is 29.3 Å². The number of imidazole rings is 1. The second kappa shape index (κ2) is 5.17. The largest absolute Gasteiger partial charge is 0.284 e. The first kappa shape index (κ1) is 13.2. The van der Waals surface area contributed by atoms with Crippen LogP contribution in [0.4, 0.5) is 5.82 Å². The summed E-state index contributed by atoms with van der Waals surface area (Å²) in [5.74, 6) is 2.29. The Hall–Kier alpha value is -2.24. The molecular formula is C13H18N6. The fraction of sp³-hybridized carbons (Fsp3) is 0.385. The molecule has 6 nitrogen and oxygen atoms in total. The minimum absolute atomic E-state index is 0.622. The molecule has 0 spiro atoms. The normalized spacial score (nSPS) is 10.4. The fourth-order valence-corrected chi connectivity index (χ4v) is 1.79. The zero-order chi connectivity index (χ0) is 14.0. The van der Waals surface area contributed by atoms with Crippen LogP contribution in [0, 0.1) is 20.8 Å². The topological polar surface area (TPSA) is 68.0 Å². The third-order valence-electron chi connectivity index (χ3n) is 2.79. The summed E-state index contributed by atoms with van der Waals surface area (Å²) in [4.78, 5) is 4.43. The molecule has 0 aliphatic carbocycles. The molecule has 2 aromatic heterocycles. The van der Waals surface area contributed by atoms with Crippen LogP contribution in [-0.2, 0) is 0 Å². The highest BCUT2D eigenvalue weighted by Gasteiger charge is 2.10. The van der Waals surface area contributed by atoms with Gasteiger partial charge in [-0.25, -0.2) is 4.98 Å². The lowest BCUT2D eigenvalue weighted by Gasteiger charge is -2.06. The summed E-state index contributed by atoms with van der Waals surface area (Å²) in [5, 5.41) is 12.4. The Morgan fingerprint density at radius 1 is 1.16 bits per heavy atom. The van der Waals surface area contributed by atoms with Crippen LogP contribution in [0.3, 0.4) is 0 Å². The van der Waals surface area contributed by atoms with Gasteiger partial charge in [0.1, 0.15) is 5.82 Å². The van der Waals surface area contributed by atoms with Crippen LogP contribution in [0.25, 0.3) is 5.82 Å². The van der Waals surface area contributed by atoms with E-state index in [1.165, 1.54) is 0 Å². The van der Waals surface area contributed by atoms with Crippen molar-refractivity contribution in [3.8, 4) is 5.82 Å². The first-order valence-electron chi connectivity index (χ1n) is 6.12. The van der Waals surface area contributed by atoms with Gasteiger partial charge in [-0.1, -0.05) is 0 Å². The maximum Gasteiger partial charge on any atom is 0.168 e. The predicted octanol–water partition coefficient (Wildman–Crippen LogP) is 2.40. The number of rotatable bonds is 3. The van der Waals surface area contributed by atoms with E-state index in [0.29, 0.717) is 5.82 Å². The number of hydrogen-bond acceptors (Lipinski definition) is 5. The molecule has 2 heterocycles. The molecule has 0 bridgehead atoms. The van der Waals surface area contributed by atoms with Crippen molar-refractivity contribution < 1.29 is 0 Å². The summed E-state index contributed by atoms with van der Waals surface area (Å²) < 4.78 is 1.99. The van der Waals surface area contributed by atoms with Gasteiger partial charge in [0.15, 0.2) is 11.6 Å². The maximum atomic E-state index is 4.43. The van der Waals surface area contributed by atoms with Gasteiger partial charge >= 0.3 is 0 Å². The van der Waals surface area contributed by atoms with Gasteiger partial charge in [-0.3, -0.25) is 9.99 Å². The Morgan fingerprint density at radius 2 is 1.89 bits per heavy atom.